The predicted molar refractivity (Wildman–Crippen MR) is 94.0 cm³/mol. The Kier molecular flexibility index (Phi) is 6.63. The first-order chi connectivity index (χ1) is 11.5. The molecule has 0 spiro atoms. The number of hydrogen-bond acceptors (Lipinski definition) is 3. The number of amides is 1. The van der Waals surface area contributed by atoms with Crippen LogP contribution < -0.4 is 5.32 Å². The molecule has 2 aromatic rings. The Morgan fingerprint density at radius 1 is 1.21 bits per heavy atom. The lowest BCUT2D eigenvalue weighted by Crippen LogP contribution is -2.42. The number of ether oxygens (including phenoxy) is 1. The van der Waals surface area contributed by atoms with Crippen LogP contribution in [-0.2, 0) is 22.6 Å². The number of aliphatic carboxylic acids is 1. The Bertz CT molecular complexity index is 724. The molecule has 24 heavy (non-hydrogen) atoms. The summed E-state index contributed by atoms with van der Waals surface area (Å²) in [6.07, 6.45) is -0.744. The molecular formula is C17H15BrClNO4. The zero-order chi connectivity index (χ0) is 17.5. The summed E-state index contributed by atoms with van der Waals surface area (Å²) in [4.78, 5) is 23.2. The molecule has 1 unspecified atom stereocenters. The number of hydrogen-bond donors (Lipinski definition) is 2. The lowest BCUT2D eigenvalue weighted by atomic mass is 10.1. The number of alkyl carbamates (subject to hydrolysis) is 1. The molecule has 0 aliphatic rings. The number of nitrogens with one attached hydrogen (secondary N) is 1. The van der Waals surface area contributed by atoms with Gasteiger partial charge in [-0.1, -0.05) is 57.9 Å². The normalized spacial score (nSPS) is 11.6. The standard InChI is InChI=1S/C17H15BrClNO4/c18-13-6-7-14(19)12(8-13)9-15(16(21)22)20-17(23)24-10-11-4-2-1-3-5-11/h1-8,15H,9-10H2,(H,20,23)(H,21,22). The van der Waals surface area contributed by atoms with Crippen LogP contribution in [0, 0.1) is 0 Å². The van der Waals surface area contributed by atoms with Crippen molar-refractivity contribution in [1.29, 1.82) is 0 Å². The van der Waals surface area contributed by atoms with Crippen LogP contribution in [0.4, 0.5) is 4.79 Å². The highest BCUT2D eigenvalue weighted by Gasteiger charge is 2.22. The fourth-order valence-corrected chi connectivity index (χ4v) is 2.63. The molecule has 0 heterocycles. The molecule has 0 saturated heterocycles. The monoisotopic (exact) mass is 411 g/mol. The minimum Gasteiger partial charge on any atom is -0.480 e. The van der Waals surface area contributed by atoms with Crippen LogP contribution in [0.15, 0.2) is 53.0 Å². The van der Waals surface area contributed by atoms with Crippen molar-refractivity contribution < 1.29 is 19.4 Å². The molecule has 1 amide bonds. The van der Waals surface area contributed by atoms with Crippen LogP contribution >= 0.6 is 27.5 Å². The molecule has 0 aliphatic heterocycles. The van der Waals surface area contributed by atoms with Crippen molar-refractivity contribution in [1.82, 2.24) is 5.32 Å². The molecule has 0 radical (unpaired) electrons. The SMILES string of the molecule is O=C(NC(Cc1cc(Br)ccc1Cl)C(=O)O)OCc1ccccc1. The molecule has 2 N–H and O–H groups in total. The predicted octanol–water partition coefficient (Wildman–Crippen LogP) is 4.02. The van der Waals surface area contributed by atoms with Gasteiger partial charge in [0.15, 0.2) is 0 Å². The summed E-state index contributed by atoms with van der Waals surface area (Å²) in [5, 5.41) is 12.1. The van der Waals surface area contributed by atoms with Gasteiger partial charge in [0.1, 0.15) is 12.6 Å². The number of benzene rings is 2. The zero-order valence-corrected chi connectivity index (χ0v) is 14.9. The molecule has 0 bridgehead atoms. The molecule has 0 aromatic heterocycles. The van der Waals surface area contributed by atoms with Crippen molar-refractivity contribution >= 4 is 39.6 Å². The van der Waals surface area contributed by atoms with Gasteiger partial charge in [0.2, 0.25) is 0 Å². The molecule has 5 nitrogen and oxygen atoms in total. The van der Waals surface area contributed by atoms with Crippen LogP contribution in [-0.4, -0.2) is 23.2 Å². The Morgan fingerprint density at radius 2 is 1.92 bits per heavy atom. The molecule has 2 rings (SSSR count). The first-order valence-corrected chi connectivity index (χ1v) is 8.27. The van der Waals surface area contributed by atoms with E-state index in [1.165, 1.54) is 0 Å². The van der Waals surface area contributed by atoms with Gasteiger partial charge in [-0.05, 0) is 29.3 Å². The minimum absolute atomic E-state index is 0.0496. The second-order valence-corrected chi connectivity index (χ2v) is 6.36. The van der Waals surface area contributed by atoms with Crippen molar-refractivity contribution in [3.05, 3.63) is 69.2 Å². The smallest absolute Gasteiger partial charge is 0.408 e. The van der Waals surface area contributed by atoms with Gasteiger partial charge in [-0.3, -0.25) is 0 Å². The van der Waals surface area contributed by atoms with E-state index < -0.39 is 18.1 Å². The van der Waals surface area contributed by atoms with E-state index in [0.29, 0.717) is 10.6 Å². The third-order valence-corrected chi connectivity index (χ3v) is 4.10. The number of rotatable bonds is 6. The number of carboxylic acid groups (broad SMARTS) is 1. The van der Waals surface area contributed by atoms with Gasteiger partial charge in [0.05, 0.1) is 0 Å². The van der Waals surface area contributed by atoms with E-state index in [0.717, 1.165) is 10.0 Å². The van der Waals surface area contributed by atoms with E-state index in [1.807, 2.05) is 30.3 Å². The highest BCUT2D eigenvalue weighted by atomic mass is 79.9. The topological polar surface area (TPSA) is 75.6 Å². The van der Waals surface area contributed by atoms with Gasteiger partial charge < -0.3 is 15.2 Å². The summed E-state index contributed by atoms with van der Waals surface area (Å²) in [6, 6.07) is 13.1. The average molecular weight is 413 g/mol. The quantitative estimate of drug-likeness (QED) is 0.751. The van der Waals surface area contributed by atoms with Crippen LogP contribution in [0.2, 0.25) is 5.02 Å². The third kappa shape index (κ3) is 5.54. The van der Waals surface area contributed by atoms with E-state index in [9.17, 15) is 14.7 Å². The van der Waals surface area contributed by atoms with Crippen LogP contribution in [0.1, 0.15) is 11.1 Å². The van der Waals surface area contributed by atoms with Gasteiger partial charge in [-0.15, -0.1) is 0 Å². The van der Waals surface area contributed by atoms with E-state index in [1.54, 1.807) is 18.2 Å². The minimum atomic E-state index is -1.16. The maximum Gasteiger partial charge on any atom is 0.408 e. The summed E-state index contributed by atoms with van der Waals surface area (Å²) < 4.78 is 5.82. The van der Waals surface area contributed by atoms with E-state index >= 15 is 0 Å². The summed E-state index contributed by atoms with van der Waals surface area (Å²) in [5.41, 5.74) is 1.43. The highest BCUT2D eigenvalue weighted by Crippen LogP contribution is 2.22. The number of carbonyl (C=O) groups excluding carboxylic acids is 1. The van der Waals surface area contributed by atoms with Gasteiger partial charge in [0, 0.05) is 15.9 Å². The number of carboxylic acids is 1. The summed E-state index contributed by atoms with van der Waals surface area (Å²) >= 11 is 9.37. The molecule has 7 heteroatoms. The summed E-state index contributed by atoms with van der Waals surface area (Å²) in [5.74, 6) is -1.16. The fraction of sp³-hybridized carbons (Fsp3) is 0.176. The van der Waals surface area contributed by atoms with Crippen molar-refractivity contribution in [2.24, 2.45) is 0 Å². The maximum absolute atomic E-state index is 11.8. The molecular weight excluding hydrogens is 398 g/mol. The maximum atomic E-state index is 11.8. The van der Waals surface area contributed by atoms with E-state index in [2.05, 4.69) is 21.2 Å². The first-order valence-electron chi connectivity index (χ1n) is 7.09. The largest absolute Gasteiger partial charge is 0.480 e. The molecule has 0 saturated carbocycles. The third-order valence-electron chi connectivity index (χ3n) is 3.23. The van der Waals surface area contributed by atoms with Gasteiger partial charge in [0.25, 0.3) is 0 Å². The molecule has 1 atom stereocenters. The first kappa shape index (κ1) is 18.3. The van der Waals surface area contributed by atoms with Crippen LogP contribution in [0.25, 0.3) is 0 Å². The van der Waals surface area contributed by atoms with Gasteiger partial charge in [-0.25, -0.2) is 9.59 Å². The van der Waals surface area contributed by atoms with Gasteiger partial charge >= 0.3 is 12.1 Å². The molecule has 126 valence electrons. The van der Waals surface area contributed by atoms with Crippen molar-refractivity contribution in [3.63, 3.8) is 0 Å². The second kappa shape index (κ2) is 8.70. The molecule has 2 aromatic carbocycles. The lowest BCUT2D eigenvalue weighted by Gasteiger charge is -2.15. The zero-order valence-electron chi connectivity index (χ0n) is 12.5. The highest BCUT2D eigenvalue weighted by molar-refractivity contribution is 9.10. The van der Waals surface area contributed by atoms with Crippen LogP contribution in [0.3, 0.4) is 0 Å². The van der Waals surface area contributed by atoms with Crippen LogP contribution in [0.5, 0.6) is 0 Å². The Hall–Kier alpha value is -2.05. The molecule has 0 aliphatic carbocycles. The Labute approximate surface area is 152 Å². The van der Waals surface area contributed by atoms with Crippen molar-refractivity contribution in [3.8, 4) is 0 Å². The average Bonchev–Trinajstić information content (AvgIpc) is 2.56. The van der Waals surface area contributed by atoms with Gasteiger partial charge in [-0.2, -0.15) is 0 Å². The van der Waals surface area contributed by atoms with Crippen molar-refractivity contribution in [2.45, 2.75) is 19.1 Å². The second-order valence-electron chi connectivity index (χ2n) is 5.04. The fourth-order valence-electron chi connectivity index (χ4n) is 2.03. The number of carbonyl (C=O) groups is 2. The van der Waals surface area contributed by atoms with E-state index in [4.69, 9.17) is 16.3 Å². The Balaban J connectivity index is 1.96. The van der Waals surface area contributed by atoms with Crippen molar-refractivity contribution in [2.75, 3.05) is 0 Å². The molecule has 0 fully saturated rings. The Morgan fingerprint density at radius 3 is 2.58 bits per heavy atom. The number of halogens is 2. The summed E-state index contributed by atoms with van der Waals surface area (Å²) in [7, 11) is 0. The lowest BCUT2D eigenvalue weighted by molar-refractivity contribution is -0.139. The van der Waals surface area contributed by atoms with E-state index in [-0.39, 0.29) is 13.0 Å². The summed E-state index contributed by atoms with van der Waals surface area (Å²) in [6.45, 7) is 0.0661.